The lowest BCUT2D eigenvalue weighted by molar-refractivity contribution is -0.114. The van der Waals surface area contributed by atoms with Gasteiger partial charge in [0.2, 0.25) is 15.9 Å². The molecule has 11 heteroatoms. The normalized spacial score (nSPS) is 11.6. The number of halogens is 1. The largest absolute Gasteiger partial charge is 0.325 e. The molecule has 174 valence electrons. The van der Waals surface area contributed by atoms with Gasteiger partial charge in [0.05, 0.1) is 16.8 Å². The Morgan fingerprint density at radius 3 is 2.18 bits per heavy atom. The number of carbonyl (C=O) groups excluding carboxylic acids is 1. The van der Waals surface area contributed by atoms with Crippen LogP contribution < -0.4 is 14.3 Å². The van der Waals surface area contributed by atoms with Gasteiger partial charge in [-0.3, -0.25) is 13.8 Å². The molecule has 0 aliphatic carbocycles. The SMILES string of the molecule is Cc1cccc(NS(=O)(=O)c2ccc(NC(=O)CN(c3cccc(Br)c3)S(C)(=O)=O)cc2)c1. The summed E-state index contributed by atoms with van der Waals surface area (Å²) in [5.74, 6) is -0.575. The van der Waals surface area contributed by atoms with Crippen molar-refractivity contribution in [3.05, 3.63) is 82.8 Å². The molecular formula is C22H22BrN3O5S2. The second-order valence-corrected chi connectivity index (χ2v) is 11.8. The molecule has 0 bridgehead atoms. The Labute approximate surface area is 201 Å². The molecule has 1 amide bonds. The maximum Gasteiger partial charge on any atom is 0.261 e. The van der Waals surface area contributed by atoms with Crippen LogP contribution in [0.15, 0.2) is 82.2 Å². The summed E-state index contributed by atoms with van der Waals surface area (Å²) in [5.41, 5.74) is 2.03. The zero-order valence-electron chi connectivity index (χ0n) is 17.8. The van der Waals surface area contributed by atoms with Crippen LogP contribution in [0.25, 0.3) is 0 Å². The molecule has 8 nitrogen and oxygen atoms in total. The van der Waals surface area contributed by atoms with Crippen LogP contribution in [0.4, 0.5) is 17.1 Å². The van der Waals surface area contributed by atoms with Gasteiger partial charge in [-0.15, -0.1) is 0 Å². The Kier molecular flexibility index (Phi) is 7.45. The fourth-order valence-electron chi connectivity index (χ4n) is 3.00. The second-order valence-electron chi connectivity index (χ2n) is 7.30. The van der Waals surface area contributed by atoms with E-state index >= 15 is 0 Å². The van der Waals surface area contributed by atoms with Crippen LogP contribution in [0.2, 0.25) is 0 Å². The van der Waals surface area contributed by atoms with Gasteiger partial charge >= 0.3 is 0 Å². The van der Waals surface area contributed by atoms with Crippen LogP contribution >= 0.6 is 15.9 Å². The molecule has 0 heterocycles. The third-order valence-corrected chi connectivity index (χ3v) is 7.53. The molecule has 0 aromatic heterocycles. The van der Waals surface area contributed by atoms with Crippen LogP contribution in [-0.4, -0.2) is 35.5 Å². The predicted molar refractivity (Wildman–Crippen MR) is 133 cm³/mol. The lowest BCUT2D eigenvalue weighted by Gasteiger charge is -2.22. The third kappa shape index (κ3) is 6.80. The number of carbonyl (C=O) groups is 1. The number of sulfonamides is 2. The van der Waals surface area contributed by atoms with Crippen molar-refractivity contribution in [3.8, 4) is 0 Å². The van der Waals surface area contributed by atoms with Crippen LogP contribution in [0.5, 0.6) is 0 Å². The molecule has 0 saturated heterocycles. The first-order valence-electron chi connectivity index (χ1n) is 9.67. The van der Waals surface area contributed by atoms with Crippen molar-refractivity contribution in [2.75, 3.05) is 27.1 Å². The summed E-state index contributed by atoms with van der Waals surface area (Å²) >= 11 is 3.29. The number of hydrogen-bond acceptors (Lipinski definition) is 5. The summed E-state index contributed by atoms with van der Waals surface area (Å²) in [6.07, 6.45) is 1.02. The molecule has 3 rings (SSSR count). The maximum atomic E-state index is 12.6. The van der Waals surface area contributed by atoms with Gasteiger partial charge in [0, 0.05) is 15.8 Å². The highest BCUT2D eigenvalue weighted by atomic mass is 79.9. The smallest absolute Gasteiger partial charge is 0.261 e. The molecule has 0 fully saturated rings. The Morgan fingerprint density at radius 1 is 0.909 bits per heavy atom. The number of hydrogen-bond donors (Lipinski definition) is 2. The van der Waals surface area contributed by atoms with Gasteiger partial charge in [-0.25, -0.2) is 16.8 Å². The zero-order chi connectivity index (χ0) is 24.2. The second kappa shape index (κ2) is 9.94. The Morgan fingerprint density at radius 2 is 1.58 bits per heavy atom. The first-order valence-corrected chi connectivity index (χ1v) is 13.8. The maximum absolute atomic E-state index is 12.6. The summed E-state index contributed by atoms with van der Waals surface area (Å²) in [7, 11) is -7.53. The van der Waals surface area contributed by atoms with E-state index in [0.717, 1.165) is 16.1 Å². The molecule has 3 aromatic rings. The van der Waals surface area contributed by atoms with Crippen molar-refractivity contribution in [1.29, 1.82) is 0 Å². The summed E-state index contributed by atoms with van der Waals surface area (Å²) in [6, 6.07) is 19.1. The van der Waals surface area contributed by atoms with Crippen molar-refractivity contribution < 1.29 is 21.6 Å². The molecule has 0 saturated carbocycles. The van der Waals surface area contributed by atoms with E-state index in [1.54, 1.807) is 42.5 Å². The first kappa shape index (κ1) is 24.7. The molecule has 0 aliphatic heterocycles. The van der Waals surface area contributed by atoms with Crippen LogP contribution in [0, 0.1) is 6.92 Å². The van der Waals surface area contributed by atoms with Crippen molar-refractivity contribution in [2.24, 2.45) is 0 Å². The highest BCUT2D eigenvalue weighted by molar-refractivity contribution is 9.10. The monoisotopic (exact) mass is 551 g/mol. The van der Waals surface area contributed by atoms with Crippen LogP contribution in [0.3, 0.4) is 0 Å². The molecular weight excluding hydrogens is 530 g/mol. The average molecular weight is 552 g/mol. The standard InChI is InChI=1S/C22H22BrN3O5S2/c1-16-5-3-7-19(13-16)25-33(30,31)21-11-9-18(10-12-21)24-22(27)15-26(32(2,28)29)20-8-4-6-17(23)14-20/h3-14,25H,15H2,1-2H3,(H,24,27). The number of anilines is 3. The minimum atomic E-state index is -3.81. The van der Waals surface area contributed by atoms with E-state index in [1.165, 1.54) is 24.3 Å². The quantitative estimate of drug-likeness (QED) is 0.440. The van der Waals surface area contributed by atoms with Crippen molar-refractivity contribution in [1.82, 2.24) is 0 Å². The molecule has 3 aromatic carbocycles. The highest BCUT2D eigenvalue weighted by Crippen LogP contribution is 2.23. The highest BCUT2D eigenvalue weighted by Gasteiger charge is 2.21. The Hall–Kier alpha value is -2.89. The van der Waals surface area contributed by atoms with E-state index in [1.807, 2.05) is 13.0 Å². The van der Waals surface area contributed by atoms with E-state index in [-0.39, 0.29) is 4.90 Å². The third-order valence-electron chi connectivity index (χ3n) is 4.50. The van der Waals surface area contributed by atoms with Gasteiger partial charge in [0.15, 0.2) is 0 Å². The van der Waals surface area contributed by atoms with Gasteiger partial charge in [-0.05, 0) is 67.1 Å². The fourth-order valence-corrected chi connectivity index (χ4v) is 5.29. The van der Waals surface area contributed by atoms with Crippen molar-refractivity contribution >= 4 is 58.9 Å². The summed E-state index contributed by atoms with van der Waals surface area (Å²) in [4.78, 5) is 12.5. The number of rotatable bonds is 8. The number of nitrogens with one attached hydrogen (secondary N) is 2. The fraction of sp³-hybridized carbons (Fsp3) is 0.136. The summed E-state index contributed by atoms with van der Waals surface area (Å²) in [5, 5.41) is 2.59. The van der Waals surface area contributed by atoms with Crippen molar-refractivity contribution in [2.45, 2.75) is 11.8 Å². The predicted octanol–water partition coefficient (Wildman–Crippen LogP) is 3.96. The first-order chi connectivity index (χ1) is 15.4. The molecule has 2 N–H and O–H groups in total. The van der Waals surface area contributed by atoms with Gasteiger partial charge < -0.3 is 5.32 Å². The minimum absolute atomic E-state index is 0.0221. The number of nitrogens with zero attached hydrogens (tertiary/aromatic N) is 1. The van der Waals surface area contributed by atoms with Gasteiger partial charge in [-0.2, -0.15) is 0 Å². The van der Waals surface area contributed by atoms with E-state index in [4.69, 9.17) is 0 Å². The Bertz CT molecular complexity index is 1380. The lowest BCUT2D eigenvalue weighted by Crippen LogP contribution is -2.37. The Balaban J connectivity index is 1.71. The molecule has 0 atom stereocenters. The number of benzene rings is 3. The summed E-state index contributed by atoms with van der Waals surface area (Å²) in [6.45, 7) is 1.42. The van der Waals surface area contributed by atoms with Crippen LogP contribution in [-0.2, 0) is 24.8 Å². The van der Waals surface area contributed by atoms with Gasteiger partial charge in [0.25, 0.3) is 10.0 Å². The lowest BCUT2D eigenvalue weighted by atomic mass is 10.2. The summed E-state index contributed by atoms with van der Waals surface area (Å²) < 4.78 is 53.8. The van der Waals surface area contributed by atoms with E-state index in [0.29, 0.717) is 21.5 Å². The minimum Gasteiger partial charge on any atom is -0.325 e. The molecule has 0 radical (unpaired) electrons. The van der Waals surface area contributed by atoms with Gasteiger partial charge in [-0.1, -0.05) is 34.1 Å². The van der Waals surface area contributed by atoms with Crippen molar-refractivity contribution in [3.63, 3.8) is 0 Å². The van der Waals surface area contributed by atoms with E-state index in [2.05, 4.69) is 26.0 Å². The average Bonchev–Trinajstić information content (AvgIpc) is 2.71. The molecule has 0 spiro atoms. The number of aryl methyl sites for hydroxylation is 1. The van der Waals surface area contributed by atoms with E-state index < -0.39 is 32.5 Å². The molecule has 33 heavy (non-hydrogen) atoms. The number of amides is 1. The van der Waals surface area contributed by atoms with Gasteiger partial charge in [0.1, 0.15) is 6.54 Å². The zero-order valence-corrected chi connectivity index (χ0v) is 21.0. The van der Waals surface area contributed by atoms with Crippen LogP contribution in [0.1, 0.15) is 5.56 Å². The molecule has 0 unspecified atom stereocenters. The molecule has 0 aliphatic rings. The topological polar surface area (TPSA) is 113 Å². The van der Waals surface area contributed by atoms with E-state index in [9.17, 15) is 21.6 Å².